The van der Waals surface area contributed by atoms with Crippen LogP contribution in [0.5, 0.6) is 5.75 Å². The number of ether oxygens (including phenoxy) is 1. The van der Waals surface area contributed by atoms with Gasteiger partial charge in [-0.25, -0.2) is 8.42 Å². The highest BCUT2D eigenvalue weighted by Crippen LogP contribution is 2.30. The van der Waals surface area contributed by atoms with Crippen LogP contribution in [0, 0.1) is 0 Å². The van der Waals surface area contributed by atoms with E-state index in [0.717, 1.165) is 0 Å². The number of nitrogens with zero attached hydrogens (tertiary/aromatic N) is 1. The molecular weight excluding hydrogens is 332 g/mol. The predicted molar refractivity (Wildman–Crippen MR) is 87.6 cm³/mol. The fraction of sp³-hybridized carbons (Fsp3) is 0.375. The van der Waals surface area contributed by atoms with Crippen LogP contribution in [0.4, 0.5) is 0 Å². The minimum Gasteiger partial charge on any atom is -0.496 e. The summed E-state index contributed by atoms with van der Waals surface area (Å²) in [7, 11) is -1.56. The molecule has 1 saturated heterocycles. The van der Waals surface area contributed by atoms with E-state index >= 15 is 0 Å². The van der Waals surface area contributed by atoms with Gasteiger partial charge in [0, 0.05) is 6.07 Å². The molecule has 1 N–H and O–H groups in total. The molecule has 128 valence electrons. The van der Waals surface area contributed by atoms with E-state index in [4.69, 9.17) is 9.26 Å². The highest BCUT2D eigenvalue weighted by atomic mass is 32.2. The molecule has 1 unspecified atom stereocenters. The summed E-state index contributed by atoms with van der Waals surface area (Å²) < 4.78 is 33.8. The Balaban J connectivity index is 1.80. The van der Waals surface area contributed by atoms with Crippen molar-refractivity contribution in [1.29, 1.82) is 0 Å². The van der Waals surface area contributed by atoms with Crippen molar-refractivity contribution in [2.75, 3.05) is 18.6 Å². The average molecular weight is 350 g/mol. The maximum atomic E-state index is 12.4. The van der Waals surface area contributed by atoms with E-state index in [-0.39, 0.29) is 17.2 Å². The standard InChI is InChI=1S/C16H18N2O5S/c1-16(7-8-24(20,21)10-16)17-15(19)12-9-14(23-18-12)11-5-3-4-6-13(11)22-2/h3-6,9H,7-8,10H2,1-2H3,(H,17,19). The number of rotatable bonds is 4. The highest BCUT2D eigenvalue weighted by Gasteiger charge is 2.40. The van der Waals surface area contributed by atoms with Crippen molar-refractivity contribution in [3.8, 4) is 17.1 Å². The number of sulfone groups is 1. The van der Waals surface area contributed by atoms with Crippen LogP contribution in [0.2, 0.25) is 0 Å². The first-order valence-corrected chi connectivity index (χ1v) is 9.27. The molecule has 0 saturated carbocycles. The number of hydrogen-bond acceptors (Lipinski definition) is 6. The first-order valence-electron chi connectivity index (χ1n) is 7.45. The minimum atomic E-state index is -3.10. The van der Waals surface area contributed by atoms with Crippen LogP contribution in [0.25, 0.3) is 11.3 Å². The minimum absolute atomic E-state index is 0.0665. The second-order valence-electron chi connectivity index (χ2n) is 6.13. The largest absolute Gasteiger partial charge is 0.496 e. The van der Waals surface area contributed by atoms with Crippen LogP contribution in [0.1, 0.15) is 23.8 Å². The molecule has 1 atom stereocenters. The van der Waals surface area contributed by atoms with E-state index in [0.29, 0.717) is 23.5 Å². The van der Waals surface area contributed by atoms with Gasteiger partial charge < -0.3 is 14.6 Å². The van der Waals surface area contributed by atoms with Gasteiger partial charge in [-0.3, -0.25) is 4.79 Å². The van der Waals surface area contributed by atoms with Crippen molar-refractivity contribution >= 4 is 15.7 Å². The van der Waals surface area contributed by atoms with Crippen LogP contribution < -0.4 is 10.1 Å². The van der Waals surface area contributed by atoms with Crippen molar-refractivity contribution in [3.63, 3.8) is 0 Å². The normalized spacial score (nSPS) is 22.2. The molecule has 7 nitrogen and oxygen atoms in total. The molecular formula is C16H18N2O5S. The van der Waals surface area contributed by atoms with Crippen LogP contribution in [-0.4, -0.2) is 43.6 Å². The topological polar surface area (TPSA) is 98.5 Å². The summed E-state index contributed by atoms with van der Waals surface area (Å²) in [5.41, 5.74) is 0.00191. The summed E-state index contributed by atoms with van der Waals surface area (Å²) in [4.78, 5) is 12.4. The number of nitrogens with one attached hydrogen (secondary N) is 1. The molecule has 0 bridgehead atoms. The second kappa shape index (κ2) is 5.94. The number of para-hydroxylation sites is 1. The Kier molecular flexibility index (Phi) is 4.08. The molecule has 0 spiro atoms. The summed E-state index contributed by atoms with van der Waals surface area (Å²) in [5, 5.41) is 6.53. The third kappa shape index (κ3) is 3.28. The Hall–Kier alpha value is -2.35. The van der Waals surface area contributed by atoms with Crippen molar-refractivity contribution in [2.24, 2.45) is 0 Å². The summed E-state index contributed by atoms with van der Waals surface area (Å²) in [5.74, 6) is 0.564. The Labute approximate surface area is 139 Å². The number of methoxy groups -OCH3 is 1. The maximum Gasteiger partial charge on any atom is 0.273 e. The molecule has 1 aromatic heterocycles. The van der Waals surface area contributed by atoms with E-state index in [9.17, 15) is 13.2 Å². The van der Waals surface area contributed by atoms with Gasteiger partial charge in [-0.1, -0.05) is 17.3 Å². The van der Waals surface area contributed by atoms with Gasteiger partial charge in [0.1, 0.15) is 5.75 Å². The molecule has 8 heteroatoms. The lowest BCUT2D eigenvalue weighted by molar-refractivity contribution is 0.0906. The van der Waals surface area contributed by atoms with Crippen molar-refractivity contribution < 1.29 is 22.5 Å². The molecule has 2 heterocycles. The molecule has 1 aliphatic rings. The zero-order valence-corrected chi connectivity index (χ0v) is 14.2. The van der Waals surface area contributed by atoms with Crippen molar-refractivity contribution in [2.45, 2.75) is 18.9 Å². The van der Waals surface area contributed by atoms with E-state index in [1.807, 2.05) is 12.1 Å². The van der Waals surface area contributed by atoms with Crippen molar-refractivity contribution in [3.05, 3.63) is 36.0 Å². The summed E-state index contributed by atoms with van der Waals surface area (Å²) >= 11 is 0. The maximum absolute atomic E-state index is 12.4. The van der Waals surface area contributed by atoms with Gasteiger partial charge in [0.25, 0.3) is 5.91 Å². The molecule has 1 aromatic carbocycles. The van der Waals surface area contributed by atoms with Gasteiger partial charge in [-0.05, 0) is 25.5 Å². The van der Waals surface area contributed by atoms with E-state index < -0.39 is 21.3 Å². The number of carbonyl (C=O) groups excluding carboxylic acids is 1. The number of carbonyl (C=O) groups is 1. The molecule has 1 aliphatic heterocycles. The van der Waals surface area contributed by atoms with Gasteiger partial charge in [0.05, 0.1) is 29.7 Å². The predicted octanol–water partition coefficient (Wildman–Crippen LogP) is 1.66. The number of benzene rings is 1. The lowest BCUT2D eigenvalue weighted by atomic mass is 10.0. The smallest absolute Gasteiger partial charge is 0.273 e. The van der Waals surface area contributed by atoms with Gasteiger partial charge in [0.2, 0.25) is 0 Å². The van der Waals surface area contributed by atoms with Gasteiger partial charge in [0.15, 0.2) is 21.3 Å². The third-order valence-electron chi connectivity index (χ3n) is 4.03. The van der Waals surface area contributed by atoms with E-state index in [1.54, 1.807) is 26.2 Å². The first-order chi connectivity index (χ1) is 11.3. The number of amides is 1. The SMILES string of the molecule is COc1ccccc1-c1cc(C(=O)NC2(C)CCS(=O)(=O)C2)no1. The Morgan fingerprint density at radius 2 is 2.12 bits per heavy atom. The fourth-order valence-corrected chi connectivity index (χ4v) is 4.90. The van der Waals surface area contributed by atoms with Crippen LogP contribution in [0.15, 0.2) is 34.9 Å². The zero-order chi connectivity index (χ0) is 17.4. The monoisotopic (exact) mass is 350 g/mol. The van der Waals surface area contributed by atoms with Crippen LogP contribution >= 0.6 is 0 Å². The first kappa shape index (κ1) is 16.5. The summed E-state index contributed by atoms with van der Waals surface area (Å²) in [6.45, 7) is 1.72. The van der Waals surface area contributed by atoms with E-state index in [1.165, 1.54) is 6.07 Å². The molecule has 0 radical (unpaired) electrons. The van der Waals surface area contributed by atoms with Gasteiger partial charge in [-0.15, -0.1) is 0 Å². The Morgan fingerprint density at radius 3 is 2.79 bits per heavy atom. The summed E-state index contributed by atoms with van der Waals surface area (Å²) in [6, 6.07) is 8.74. The lowest BCUT2D eigenvalue weighted by Crippen LogP contribution is -2.47. The molecule has 24 heavy (non-hydrogen) atoms. The van der Waals surface area contributed by atoms with Gasteiger partial charge in [-0.2, -0.15) is 0 Å². The van der Waals surface area contributed by atoms with Crippen LogP contribution in [0.3, 0.4) is 0 Å². The van der Waals surface area contributed by atoms with Gasteiger partial charge >= 0.3 is 0 Å². The summed E-state index contributed by atoms with van der Waals surface area (Å²) in [6.07, 6.45) is 0.387. The Bertz CT molecular complexity index is 874. The van der Waals surface area contributed by atoms with Crippen LogP contribution in [-0.2, 0) is 9.84 Å². The molecule has 2 aromatic rings. The second-order valence-corrected chi connectivity index (χ2v) is 8.32. The quantitative estimate of drug-likeness (QED) is 0.900. The highest BCUT2D eigenvalue weighted by molar-refractivity contribution is 7.91. The fourth-order valence-electron chi connectivity index (χ4n) is 2.80. The zero-order valence-electron chi connectivity index (χ0n) is 13.4. The number of hydrogen-bond donors (Lipinski definition) is 1. The lowest BCUT2D eigenvalue weighted by Gasteiger charge is -2.22. The average Bonchev–Trinajstić information content (AvgIpc) is 3.12. The molecule has 1 amide bonds. The van der Waals surface area contributed by atoms with Crippen molar-refractivity contribution in [1.82, 2.24) is 10.5 Å². The molecule has 0 aliphatic carbocycles. The Morgan fingerprint density at radius 1 is 1.38 bits per heavy atom. The molecule has 3 rings (SSSR count). The third-order valence-corrected chi connectivity index (χ3v) is 5.94. The number of aromatic nitrogens is 1. The van der Waals surface area contributed by atoms with E-state index in [2.05, 4.69) is 10.5 Å². The molecule has 1 fully saturated rings.